The highest BCUT2D eigenvalue weighted by Gasteiger charge is 2.57. The molecule has 0 aromatic heterocycles. The highest BCUT2D eigenvalue weighted by atomic mass is 35.5. The Kier molecular flexibility index (Phi) is 6.93. The van der Waals surface area contributed by atoms with Crippen molar-refractivity contribution in [2.75, 3.05) is 23.7 Å². The molecule has 3 N–H and O–H groups in total. The van der Waals surface area contributed by atoms with Gasteiger partial charge in [0.1, 0.15) is 0 Å². The predicted molar refractivity (Wildman–Crippen MR) is 118 cm³/mol. The summed E-state index contributed by atoms with van der Waals surface area (Å²) in [6.45, 7) is 2.03. The Morgan fingerprint density at radius 3 is 2.21 bits per heavy atom. The quantitative estimate of drug-likeness (QED) is 0.670. The zero-order valence-electron chi connectivity index (χ0n) is 16.4. The van der Waals surface area contributed by atoms with Crippen molar-refractivity contribution in [2.45, 2.75) is 32.1 Å². The van der Waals surface area contributed by atoms with E-state index in [2.05, 4.69) is 16.0 Å². The van der Waals surface area contributed by atoms with E-state index in [4.69, 9.17) is 0 Å². The van der Waals surface area contributed by atoms with E-state index in [9.17, 15) is 9.59 Å². The van der Waals surface area contributed by atoms with E-state index in [1.165, 1.54) is 0 Å². The van der Waals surface area contributed by atoms with Gasteiger partial charge in [-0.15, -0.1) is 12.4 Å². The molecule has 6 heteroatoms. The Morgan fingerprint density at radius 1 is 0.931 bits per heavy atom. The van der Waals surface area contributed by atoms with Crippen LogP contribution in [-0.4, -0.2) is 24.9 Å². The summed E-state index contributed by atoms with van der Waals surface area (Å²) >= 11 is 0. The minimum atomic E-state index is -0.00790. The SMILES string of the molecule is Cl.O=C(CCc1ccccc1)Nc1ccc(NC(=O)C2CC23CCNCC3)cc1. The number of rotatable bonds is 6. The number of amides is 2. The number of carbonyl (C=O) groups excluding carboxylic acids is 2. The number of aryl methyl sites for hydroxylation is 1. The van der Waals surface area contributed by atoms with Crippen LogP contribution in [0.1, 0.15) is 31.2 Å². The van der Waals surface area contributed by atoms with Crippen molar-refractivity contribution in [3.8, 4) is 0 Å². The van der Waals surface area contributed by atoms with Crippen LogP contribution in [0.4, 0.5) is 11.4 Å². The van der Waals surface area contributed by atoms with E-state index in [-0.39, 0.29) is 35.6 Å². The van der Waals surface area contributed by atoms with Crippen LogP contribution in [0.3, 0.4) is 0 Å². The molecule has 154 valence electrons. The Bertz CT molecular complexity index is 833. The number of nitrogens with one attached hydrogen (secondary N) is 3. The molecule has 0 radical (unpaired) electrons. The van der Waals surface area contributed by atoms with Gasteiger partial charge in [-0.1, -0.05) is 30.3 Å². The summed E-state index contributed by atoms with van der Waals surface area (Å²) in [6.07, 6.45) is 4.37. The van der Waals surface area contributed by atoms with Crippen molar-refractivity contribution in [3.05, 3.63) is 60.2 Å². The molecule has 1 heterocycles. The van der Waals surface area contributed by atoms with Crippen LogP contribution in [0.15, 0.2) is 54.6 Å². The molecular weight excluding hydrogens is 386 g/mol. The molecule has 2 aromatic rings. The molecule has 1 atom stereocenters. The van der Waals surface area contributed by atoms with Crippen LogP contribution < -0.4 is 16.0 Å². The van der Waals surface area contributed by atoms with Crippen LogP contribution in [0, 0.1) is 11.3 Å². The first-order valence-electron chi connectivity index (χ1n) is 10.1. The molecule has 2 amide bonds. The van der Waals surface area contributed by atoms with Gasteiger partial charge >= 0.3 is 0 Å². The van der Waals surface area contributed by atoms with Crippen molar-refractivity contribution in [2.24, 2.45) is 11.3 Å². The Morgan fingerprint density at radius 2 is 1.55 bits per heavy atom. The van der Waals surface area contributed by atoms with Gasteiger partial charge in [-0.2, -0.15) is 0 Å². The van der Waals surface area contributed by atoms with E-state index < -0.39 is 0 Å². The highest BCUT2D eigenvalue weighted by Crippen LogP contribution is 2.58. The molecule has 5 nitrogen and oxygen atoms in total. The third-order valence-corrected chi connectivity index (χ3v) is 6.03. The number of anilines is 2. The van der Waals surface area contributed by atoms with Gasteiger partial charge in [0.25, 0.3) is 0 Å². The fourth-order valence-electron chi connectivity index (χ4n) is 4.19. The second-order valence-corrected chi connectivity index (χ2v) is 7.97. The third kappa shape index (κ3) is 5.37. The summed E-state index contributed by atoms with van der Waals surface area (Å²) in [7, 11) is 0. The van der Waals surface area contributed by atoms with Gasteiger partial charge < -0.3 is 16.0 Å². The van der Waals surface area contributed by atoms with Crippen LogP contribution in [-0.2, 0) is 16.0 Å². The number of piperidine rings is 1. The molecule has 1 aliphatic carbocycles. The summed E-state index contributed by atoms with van der Waals surface area (Å²) in [6, 6.07) is 17.4. The van der Waals surface area contributed by atoms with E-state index in [0.29, 0.717) is 6.42 Å². The van der Waals surface area contributed by atoms with Gasteiger partial charge in [-0.05, 0) is 74.0 Å². The minimum absolute atomic E-state index is 0. The molecule has 1 saturated carbocycles. The molecule has 1 saturated heterocycles. The first-order valence-corrected chi connectivity index (χ1v) is 10.1. The normalized spacial score (nSPS) is 19.1. The fraction of sp³-hybridized carbons (Fsp3) is 0.391. The average molecular weight is 414 g/mol. The van der Waals surface area contributed by atoms with Crippen molar-refractivity contribution in [1.29, 1.82) is 0 Å². The smallest absolute Gasteiger partial charge is 0.228 e. The third-order valence-electron chi connectivity index (χ3n) is 6.03. The Balaban J connectivity index is 0.00000240. The van der Waals surface area contributed by atoms with E-state index in [1.807, 2.05) is 54.6 Å². The van der Waals surface area contributed by atoms with Gasteiger partial charge in [0.2, 0.25) is 11.8 Å². The maximum Gasteiger partial charge on any atom is 0.228 e. The summed E-state index contributed by atoms with van der Waals surface area (Å²) < 4.78 is 0. The molecule has 2 aliphatic rings. The lowest BCUT2D eigenvalue weighted by atomic mass is 9.92. The summed E-state index contributed by atoms with van der Waals surface area (Å²) in [5, 5.41) is 9.31. The monoisotopic (exact) mass is 413 g/mol. The van der Waals surface area contributed by atoms with Crippen LogP contribution in [0.25, 0.3) is 0 Å². The van der Waals surface area contributed by atoms with E-state index in [0.717, 1.165) is 55.7 Å². The standard InChI is InChI=1S/C23H27N3O2.ClH/c27-21(11-6-17-4-2-1-3-5-17)25-18-7-9-19(10-8-18)26-22(28)20-16-23(20)12-14-24-15-13-23;/h1-5,7-10,20,24H,6,11-16H2,(H,25,27)(H,26,28);1H. The summed E-state index contributed by atoms with van der Waals surface area (Å²) in [5.41, 5.74) is 2.92. The van der Waals surface area contributed by atoms with Gasteiger partial charge in [0.05, 0.1) is 0 Å². The second kappa shape index (κ2) is 9.42. The van der Waals surface area contributed by atoms with Gasteiger partial charge in [-0.3, -0.25) is 9.59 Å². The maximum atomic E-state index is 12.5. The van der Waals surface area contributed by atoms with E-state index in [1.54, 1.807) is 0 Å². The lowest BCUT2D eigenvalue weighted by Gasteiger charge is -2.23. The molecule has 2 aromatic carbocycles. The molecule has 4 rings (SSSR count). The van der Waals surface area contributed by atoms with Crippen LogP contribution in [0.5, 0.6) is 0 Å². The first kappa shape index (κ1) is 21.3. The summed E-state index contributed by atoms with van der Waals surface area (Å²) in [5.74, 6) is 0.264. The summed E-state index contributed by atoms with van der Waals surface area (Å²) in [4.78, 5) is 24.7. The molecule has 29 heavy (non-hydrogen) atoms. The van der Waals surface area contributed by atoms with Crippen molar-refractivity contribution in [1.82, 2.24) is 5.32 Å². The van der Waals surface area contributed by atoms with Gasteiger partial charge in [0, 0.05) is 23.7 Å². The highest BCUT2D eigenvalue weighted by molar-refractivity contribution is 5.96. The van der Waals surface area contributed by atoms with Crippen LogP contribution in [0.2, 0.25) is 0 Å². The van der Waals surface area contributed by atoms with E-state index >= 15 is 0 Å². The average Bonchev–Trinajstić information content (AvgIpc) is 3.42. The van der Waals surface area contributed by atoms with Crippen LogP contribution >= 0.6 is 12.4 Å². The van der Waals surface area contributed by atoms with Crippen molar-refractivity contribution < 1.29 is 9.59 Å². The van der Waals surface area contributed by atoms with Crippen molar-refractivity contribution in [3.63, 3.8) is 0 Å². The molecular formula is C23H28ClN3O2. The molecule has 2 fully saturated rings. The van der Waals surface area contributed by atoms with Crippen molar-refractivity contribution >= 4 is 35.6 Å². The Labute approximate surface area is 178 Å². The predicted octanol–water partition coefficient (Wildman–Crippen LogP) is 4.01. The molecule has 1 aliphatic heterocycles. The largest absolute Gasteiger partial charge is 0.326 e. The topological polar surface area (TPSA) is 70.2 Å². The molecule has 1 unspecified atom stereocenters. The zero-order chi connectivity index (χ0) is 19.4. The fourth-order valence-corrected chi connectivity index (χ4v) is 4.19. The second-order valence-electron chi connectivity index (χ2n) is 7.97. The molecule has 1 spiro atoms. The number of benzene rings is 2. The number of carbonyl (C=O) groups is 2. The molecule has 0 bridgehead atoms. The van der Waals surface area contributed by atoms with Gasteiger partial charge in [0.15, 0.2) is 0 Å². The first-order chi connectivity index (χ1) is 13.6. The zero-order valence-corrected chi connectivity index (χ0v) is 17.3. The lowest BCUT2D eigenvalue weighted by Crippen LogP contribution is -2.31. The maximum absolute atomic E-state index is 12.5. The lowest BCUT2D eigenvalue weighted by molar-refractivity contribution is -0.118. The Hall–Kier alpha value is -2.37. The number of hydrogen-bond donors (Lipinski definition) is 3. The number of hydrogen-bond acceptors (Lipinski definition) is 3. The number of halogens is 1. The minimum Gasteiger partial charge on any atom is -0.326 e. The van der Waals surface area contributed by atoms with Gasteiger partial charge in [-0.25, -0.2) is 0 Å².